The minimum absolute atomic E-state index is 0.0547. The first-order valence-electron chi connectivity index (χ1n) is 9.54. The number of carbonyl (C=O) groups is 2. The number of rotatable bonds is 5. The monoisotopic (exact) mass is 366 g/mol. The average molecular weight is 366 g/mol. The lowest BCUT2D eigenvalue weighted by molar-refractivity contribution is -0.896. The molecule has 0 saturated carbocycles. The smallest absolute Gasteiger partial charge is 0.278 e. The lowest BCUT2D eigenvalue weighted by Crippen LogP contribution is -3.15. The van der Waals surface area contributed by atoms with Gasteiger partial charge in [-0.3, -0.25) is 9.59 Å². The van der Waals surface area contributed by atoms with Crippen molar-refractivity contribution >= 4 is 11.8 Å². The second kappa shape index (κ2) is 8.82. The molecule has 1 aliphatic heterocycles. The highest BCUT2D eigenvalue weighted by Crippen LogP contribution is 2.17. The van der Waals surface area contributed by atoms with Crippen LogP contribution in [-0.2, 0) is 4.79 Å². The van der Waals surface area contributed by atoms with Gasteiger partial charge in [0.1, 0.15) is 0 Å². The van der Waals surface area contributed by atoms with Gasteiger partial charge in [0.15, 0.2) is 6.54 Å². The third-order valence-electron chi connectivity index (χ3n) is 5.44. The van der Waals surface area contributed by atoms with E-state index in [1.54, 1.807) is 0 Å². The Labute approximate surface area is 161 Å². The van der Waals surface area contributed by atoms with Crippen molar-refractivity contribution < 1.29 is 14.5 Å². The second-order valence-electron chi connectivity index (χ2n) is 7.18. The fraction of sp³-hybridized carbons (Fsp3) is 0.364. The first-order chi connectivity index (χ1) is 13.1. The molecule has 1 saturated heterocycles. The van der Waals surface area contributed by atoms with Crippen LogP contribution < -0.4 is 4.90 Å². The summed E-state index contributed by atoms with van der Waals surface area (Å²) >= 11 is 0. The summed E-state index contributed by atoms with van der Waals surface area (Å²) in [6.07, 6.45) is 0. The molecule has 0 spiro atoms. The summed E-state index contributed by atoms with van der Waals surface area (Å²) in [7, 11) is 1.87. The molecule has 1 atom stereocenters. The van der Waals surface area contributed by atoms with Gasteiger partial charge in [0.05, 0.1) is 32.2 Å². The number of benzene rings is 2. The van der Waals surface area contributed by atoms with Gasteiger partial charge >= 0.3 is 0 Å². The molecule has 0 unspecified atom stereocenters. The number of nitrogens with zero attached hydrogens (tertiary/aromatic N) is 2. The van der Waals surface area contributed by atoms with Crippen LogP contribution in [0.1, 0.15) is 28.9 Å². The summed E-state index contributed by atoms with van der Waals surface area (Å²) in [6, 6.07) is 19.5. The number of amides is 2. The van der Waals surface area contributed by atoms with Crippen molar-refractivity contribution in [3.05, 3.63) is 71.8 Å². The van der Waals surface area contributed by atoms with Crippen molar-refractivity contribution in [3.8, 4) is 0 Å². The van der Waals surface area contributed by atoms with Gasteiger partial charge in [0.2, 0.25) is 0 Å². The summed E-state index contributed by atoms with van der Waals surface area (Å²) in [5.74, 6) is 0.222. The van der Waals surface area contributed by atoms with Gasteiger partial charge in [0, 0.05) is 12.6 Å². The molecule has 5 heteroatoms. The van der Waals surface area contributed by atoms with Crippen LogP contribution in [0, 0.1) is 0 Å². The van der Waals surface area contributed by atoms with E-state index < -0.39 is 0 Å². The molecule has 5 nitrogen and oxygen atoms in total. The van der Waals surface area contributed by atoms with Crippen LogP contribution >= 0.6 is 0 Å². The molecule has 142 valence electrons. The van der Waals surface area contributed by atoms with E-state index in [-0.39, 0.29) is 17.9 Å². The van der Waals surface area contributed by atoms with Crippen molar-refractivity contribution in [1.82, 2.24) is 9.80 Å². The molecular weight excluding hydrogens is 338 g/mol. The Kier molecular flexibility index (Phi) is 6.24. The number of quaternary nitrogens is 1. The van der Waals surface area contributed by atoms with Crippen LogP contribution in [0.25, 0.3) is 0 Å². The summed E-state index contributed by atoms with van der Waals surface area (Å²) in [4.78, 5) is 30.2. The molecule has 2 aromatic rings. The van der Waals surface area contributed by atoms with E-state index in [9.17, 15) is 9.59 Å². The van der Waals surface area contributed by atoms with Crippen LogP contribution in [0.2, 0.25) is 0 Å². The molecule has 1 heterocycles. The van der Waals surface area contributed by atoms with Gasteiger partial charge in [-0.2, -0.15) is 0 Å². The summed E-state index contributed by atoms with van der Waals surface area (Å²) < 4.78 is 0. The van der Waals surface area contributed by atoms with E-state index in [1.807, 2.05) is 65.4 Å². The Morgan fingerprint density at radius 1 is 1.00 bits per heavy atom. The molecule has 3 rings (SSSR count). The summed E-state index contributed by atoms with van der Waals surface area (Å²) in [6.45, 7) is 5.51. The van der Waals surface area contributed by atoms with Crippen LogP contribution in [-0.4, -0.2) is 61.4 Å². The van der Waals surface area contributed by atoms with Crippen molar-refractivity contribution in [2.75, 3.05) is 39.8 Å². The van der Waals surface area contributed by atoms with Crippen LogP contribution in [0.15, 0.2) is 60.7 Å². The van der Waals surface area contributed by atoms with Crippen molar-refractivity contribution in [2.45, 2.75) is 13.0 Å². The molecule has 2 aromatic carbocycles. The molecule has 1 N–H and O–H groups in total. The maximum atomic E-state index is 12.7. The number of nitrogens with one attached hydrogen (secondary N) is 1. The maximum absolute atomic E-state index is 12.7. The first-order valence-corrected chi connectivity index (χ1v) is 9.54. The SMILES string of the molecule is C[C@@H](c1ccccc1)N(C)C(=O)C[NH+]1CCN(C(=O)c2ccccc2)CC1. The molecule has 1 fully saturated rings. The third kappa shape index (κ3) is 4.74. The zero-order chi connectivity index (χ0) is 19.2. The largest absolute Gasteiger partial charge is 0.334 e. The molecule has 0 bridgehead atoms. The Bertz CT molecular complexity index is 756. The quantitative estimate of drug-likeness (QED) is 0.866. The second-order valence-corrected chi connectivity index (χ2v) is 7.18. The normalized spacial score (nSPS) is 16.0. The first kappa shape index (κ1) is 19.1. The zero-order valence-electron chi connectivity index (χ0n) is 16.1. The number of hydrogen-bond acceptors (Lipinski definition) is 2. The van der Waals surface area contributed by atoms with E-state index in [1.165, 1.54) is 4.90 Å². The van der Waals surface area contributed by atoms with Gasteiger partial charge in [-0.15, -0.1) is 0 Å². The predicted octanol–water partition coefficient (Wildman–Crippen LogP) is 1.25. The average Bonchev–Trinajstić information content (AvgIpc) is 2.74. The van der Waals surface area contributed by atoms with Gasteiger partial charge < -0.3 is 14.7 Å². The Morgan fingerprint density at radius 3 is 2.15 bits per heavy atom. The fourth-order valence-corrected chi connectivity index (χ4v) is 3.48. The van der Waals surface area contributed by atoms with E-state index in [2.05, 4.69) is 19.1 Å². The molecule has 0 radical (unpaired) electrons. The molecule has 1 aliphatic rings. The Morgan fingerprint density at radius 2 is 1.56 bits per heavy atom. The summed E-state index contributed by atoms with van der Waals surface area (Å²) in [5, 5.41) is 0. The minimum Gasteiger partial charge on any atom is -0.334 e. The van der Waals surface area contributed by atoms with Gasteiger partial charge in [-0.05, 0) is 24.6 Å². The number of carbonyl (C=O) groups excluding carboxylic acids is 2. The molecular formula is C22H28N3O2+. The van der Waals surface area contributed by atoms with Crippen molar-refractivity contribution in [2.24, 2.45) is 0 Å². The lowest BCUT2D eigenvalue weighted by Gasteiger charge is -2.33. The number of likely N-dealkylation sites (N-methyl/N-ethyl adjacent to an activating group) is 1. The Balaban J connectivity index is 1.50. The van der Waals surface area contributed by atoms with Crippen molar-refractivity contribution in [1.29, 1.82) is 0 Å². The van der Waals surface area contributed by atoms with Crippen LogP contribution in [0.5, 0.6) is 0 Å². The van der Waals surface area contributed by atoms with E-state index in [0.717, 1.165) is 24.2 Å². The predicted molar refractivity (Wildman–Crippen MR) is 106 cm³/mol. The van der Waals surface area contributed by atoms with Crippen molar-refractivity contribution in [3.63, 3.8) is 0 Å². The van der Waals surface area contributed by atoms with E-state index in [4.69, 9.17) is 0 Å². The van der Waals surface area contributed by atoms with E-state index >= 15 is 0 Å². The number of hydrogen-bond donors (Lipinski definition) is 1. The number of piperazine rings is 1. The molecule has 0 aliphatic carbocycles. The van der Waals surface area contributed by atoms with Gasteiger partial charge in [-0.1, -0.05) is 48.5 Å². The van der Waals surface area contributed by atoms with Gasteiger partial charge in [-0.25, -0.2) is 0 Å². The molecule has 0 aromatic heterocycles. The topological polar surface area (TPSA) is 45.1 Å². The highest BCUT2D eigenvalue weighted by atomic mass is 16.2. The third-order valence-corrected chi connectivity index (χ3v) is 5.44. The summed E-state index contributed by atoms with van der Waals surface area (Å²) in [5.41, 5.74) is 1.87. The minimum atomic E-state index is 0.0547. The molecule has 2 amide bonds. The highest BCUT2D eigenvalue weighted by Gasteiger charge is 2.27. The molecule has 27 heavy (non-hydrogen) atoms. The Hall–Kier alpha value is -2.66. The standard InChI is InChI=1S/C22H27N3O2/c1-18(19-9-5-3-6-10-19)23(2)21(26)17-24-13-15-25(16-14-24)22(27)20-11-7-4-8-12-20/h3-12,18H,13-17H2,1-2H3/p+1/t18-/m0/s1. The fourth-order valence-electron chi connectivity index (χ4n) is 3.48. The van der Waals surface area contributed by atoms with Gasteiger partial charge in [0.25, 0.3) is 11.8 Å². The lowest BCUT2D eigenvalue weighted by atomic mass is 10.1. The van der Waals surface area contributed by atoms with Crippen LogP contribution in [0.3, 0.4) is 0 Å². The van der Waals surface area contributed by atoms with Crippen LogP contribution in [0.4, 0.5) is 0 Å². The maximum Gasteiger partial charge on any atom is 0.278 e. The highest BCUT2D eigenvalue weighted by molar-refractivity contribution is 5.94. The zero-order valence-corrected chi connectivity index (χ0v) is 16.1. The van der Waals surface area contributed by atoms with E-state index in [0.29, 0.717) is 19.6 Å².